The fraction of sp³-hybridized carbons (Fsp3) is 0.273. The van der Waals surface area contributed by atoms with Gasteiger partial charge < -0.3 is 10.2 Å². The van der Waals surface area contributed by atoms with Gasteiger partial charge in [-0.25, -0.2) is 4.79 Å². The normalized spacial score (nSPS) is 10.9. The Hall–Kier alpha value is -1.88. The Kier molecular flexibility index (Phi) is 2.62. The van der Waals surface area contributed by atoms with Crippen LogP contribution in [0.1, 0.15) is 17.3 Å². The van der Waals surface area contributed by atoms with Gasteiger partial charge in [0.05, 0.1) is 12.1 Å². The second-order valence-corrected chi connectivity index (χ2v) is 3.42. The molecule has 0 bridgehead atoms. The second kappa shape index (κ2) is 3.94. The number of Topliss-reactive ketones (excluding diaryl/α,β-unsaturated/α-hetero) is 1. The van der Waals surface area contributed by atoms with Crippen LogP contribution in [0, 0.1) is 0 Å². The van der Waals surface area contributed by atoms with Crippen LogP contribution in [0.2, 0.25) is 0 Å². The molecule has 1 heterocycles. The van der Waals surface area contributed by atoms with Crippen molar-refractivity contribution in [2.75, 3.05) is 6.54 Å². The summed E-state index contributed by atoms with van der Waals surface area (Å²) < 4.78 is 6.55. The van der Waals surface area contributed by atoms with Gasteiger partial charge in [-0.1, -0.05) is 0 Å². The second-order valence-electron chi connectivity index (χ2n) is 3.42. The van der Waals surface area contributed by atoms with Gasteiger partial charge in [-0.3, -0.25) is 9.36 Å². The van der Waals surface area contributed by atoms with Crippen molar-refractivity contribution in [2.24, 2.45) is 5.73 Å². The summed E-state index contributed by atoms with van der Waals surface area (Å²) in [5.41, 5.74) is 6.84. The van der Waals surface area contributed by atoms with Gasteiger partial charge in [-0.05, 0) is 25.1 Å². The lowest BCUT2D eigenvalue weighted by atomic mass is 10.1. The smallest absolute Gasteiger partial charge is 0.408 e. The Labute approximate surface area is 91.5 Å². The minimum absolute atomic E-state index is 0.0514. The van der Waals surface area contributed by atoms with Gasteiger partial charge >= 0.3 is 5.76 Å². The summed E-state index contributed by atoms with van der Waals surface area (Å²) in [7, 11) is 0. The van der Waals surface area contributed by atoms with Crippen molar-refractivity contribution in [3.05, 3.63) is 34.3 Å². The number of benzene rings is 1. The third-order valence-corrected chi connectivity index (χ3v) is 2.49. The van der Waals surface area contributed by atoms with Gasteiger partial charge in [0, 0.05) is 12.1 Å². The van der Waals surface area contributed by atoms with Crippen molar-refractivity contribution in [1.29, 1.82) is 0 Å². The third-order valence-electron chi connectivity index (χ3n) is 2.49. The standard InChI is InChI=1S/C11H12N2O3/c1-2-13-8-4-3-7(9(14)6-12)5-10(8)16-11(13)15/h3-5H,2,6,12H2,1H3. The van der Waals surface area contributed by atoms with E-state index >= 15 is 0 Å². The van der Waals surface area contributed by atoms with Crippen molar-refractivity contribution >= 4 is 16.9 Å². The largest absolute Gasteiger partial charge is 0.419 e. The fourth-order valence-corrected chi connectivity index (χ4v) is 1.66. The predicted molar refractivity (Wildman–Crippen MR) is 59.5 cm³/mol. The van der Waals surface area contributed by atoms with Gasteiger partial charge in [0.1, 0.15) is 0 Å². The molecule has 2 aromatic rings. The van der Waals surface area contributed by atoms with Crippen LogP contribution in [-0.4, -0.2) is 16.9 Å². The molecule has 0 spiro atoms. The number of carbonyl (C=O) groups is 1. The highest BCUT2D eigenvalue weighted by Gasteiger charge is 2.10. The fourth-order valence-electron chi connectivity index (χ4n) is 1.66. The Morgan fingerprint density at radius 3 is 2.88 bits per heavy atom. The molecule has 2 rings (SSSR count). The lowest BCUT2D eigenvalue weighted by Gasteiger charge is -1.98. The van der Waals surface area contributed by atoms with Gasteiger partial charge in [0.15, 0.2) is 11.4 Å². The molecule has 0 aliphatic carbocycles. The number of nitrogens with zero attached hydrogens (tertiary/aromatic N) is 1. The average molecular weight is 220 g/mol. The van der Waals surface area contributed by atoms with Crippen molar-refractivity contribution < 1.29 is 9.21 Å². The van der Waals surface area contributed by atoms with Crippen LogP contribution in [0.4, 0.5) is 0 Å². The molecule has 5 heteroatoms. The first-order valence-corrected chi connectivity index (χ1v) is 5.04. The average Bonchev–Trinajstić information content (AvgIpc) is 2.62. The maximum absolute atomic E-state index is 11.4. The highest BCUT2D eigenvalue weighted by molar-refractivity contribution is 5.99. The lowest BCUT2D eigenvalue weighted by molar-refractivity contribution is 0.100. The number of hydrogen-bond donors (Lipinski definition) is 1. The SMILES string of the molecule is CCn1c(=O)oc2cc(C(=O)CN)ccc21. The van der Waals surface area contributed by atoms with Crippen molar-refractivity contribution in [3.8, 4) is 0 Å². The van der Waals surface area contributed by atoms with Crippen molar-refractivity contribution in [1.82, 2.24) is 4.57 Å². The maximum atomic E-state index is 11.4. The van der Waals surface area contributed by atoms with E-state index in [2.05, 4.69) is 0 Å². The summed E-state index contributed by atoms with van der Waals surface area (Å²) in [4.78, 5) is 22.8. The lowest BCUT2D eigenvalue weighted by Crippen LogP contribution is -2.13. The third kappa shape index (κ3) is 1.55. The number of aromatic nitrogens is 1. The van der Waals surface area contributed by atoms with E-state index in [4.69, 9.17) is 10.2 Å². The Balaban J connectivity index is 2.65. The van der Waals surface area contributed by atoms with Crippen LogP contribution < -0.4 is 11.5 Å². The van der Waals surface area contributed by atoms with Crippen LogP contribution in [0.5, 0.6) is 0 Å². The van der Waals surface area contributed by atoms with E-state index < -0.39 is 5.76 Å². The van der Waals surface area contributed by atoms with E-state index in [9.17, 15) is 9.59 Å². The summed E-state index contributed by atoms with van der Waals surface area (Å²) in [5, 5.41) is 0. The van der Waals surface area contributed by atoms with Crippen LogP contribution >= 0.6 is 0 Å². The van der Waals surface area contributed by atoms with E-state index in [1.54, 1.807) is 18.2 Å². The summed E-state index contributed by atoms with van der Waals surface area (Å²) in [6.45, 7) is 2.34. The molecule has 0 saturated carbocycles. The number of ketones is 1. The van der Waals surface area contributed by atoms with E-state index in [-0.39, 0.29) is 12.3 Å². The zero-order valence-electron chi connectivity index (χ0n) is 8.90. The Morgan fingerprint density at radius 1 is 1.50 bits per heavy atom. The zero-order valence-corrected chi connectivity index (χ0v) is 8.90. The molecule has 0 unspecified atom stereocenters. The molecule has 5 nitrogen and oxygen atoms in total. The van der Waals surface area contributed by atoms with Crippen LogP contribution in [-0.2, 0) is 6.54 Å². The number of oxazole rings is 1. The first-order valence-electron chi connectivity index (χ1n) is 5.04. The molecule has 0 amide bonds. The molecule has 0 aliphatic rings. The molecule has 1 aromatic carbocycles. The Bertz CT molecular complexity index is 595. The summed E-state index contributed by atoms with van der Waals surface area (Å²) in [5.74, 6) is -0.580. The van der Waals surface area contributed by atoms with Crippen molar-refractivity contribution in [3.63, 3.8) is 0 Å². The number of rotatable bonds is 3. The molecule has 84 valence electrons. The van der Waals surface area contributed by atoms with Crippen molar-refractivity contribution in [2.45, 2.75) is 13.5 Å². The topological polar surface area (TPSA) is 78.2 Å². The number of hydrogen-bond acceptors (Lipinski definition) is 4. The quantitative estimate of drug-likeness (QED) is 0.774. The molecule has 16 heavy (non-hydrogen) atoms. The summed E-state index contributed by atoms with van der Waals surface area (Å²) in [6, 6.07) is 4.91. The van der Waals surface area contributed by atoms with E-state index in [1.165, 1.54) is 4.57 Å². The van der Waals surface area contributed by atoms with E-state index in [0.29, 0.717) is 23.2 Å². The highest BCUT2D eigenvalue weighted by Crippen LogP contribution is 2.15. The minimum Gasteiger partial charge on any atom is -0.408 e. The molecule has 0 aliphatic heterocycles. The van der Waals surface area contributed by atoms with Crippen LogP contribution in [0.15, 0.2) is 27.4 Å². The molecule has 2 N–H and O–H groups in total. The van der Waals surface area contributed by atoms with Gasteiger partial charge in [-0.15, -0.1) is 0 Å². The number of fused-ring (bicyclic) bond motifs is 1. The van der Waals surface area contributed by atoms with Gasteiger partial charge in [0.2, 0.25) is 0 Å². The van der Waals surface area contributed by atoms with E-state index in [0.717, 1.165) is 0 Å². The first-order chi connectivity index (χ1) is 7.67. The molecule has 0 radical (unpaired) electrons. The molecule has 1 aromatic heterocycles. The van der Waals surface area contributed by atoms with Crippen LogP contribution in [0.3, 0.4) is 0 Å². The van der Waals surface area contributed by atoms with E-state index in [1.807, 2.05) is 6.92 Å². The molecular weight excluding hydrogens is 208 g/mol. The summed E-state index contributed by atoms with van der Waals surface area (Å²) in [6.07, 6.45) is 0. The Morgan fingerprint density at radius 2 is 2.25 bits per heavy atom. The van der Waals surface area contributed by atoms with Gasteiger partial charge in [0.25, 0.3) is 0 Å². The van der Waals surface area contributed by atoms with Crippen LogP contribution in [0.25, 0.3) is 11.1 Å². The molecule has 0 atom stereocenters. The highest BCUT2D eigenvalue weighted by atomic mass is 16.4. The number of nitrogens with two attached hydrogens (primary N) is 1. The van der Waals surface area contributed by atoms with Gasteiger partial charge in [-0.2, -0.15) is 0 Å². The number of aryl methyl sites for hydroxylation is 1. The minimum atomic E-state index is -0.408. The first kappa shape index (κ1) is 10.6. The predicted octanol–water partition coefficient (Wildman–Crippen LogP) is 0.756. The zero-order chi connectivity index (χ0) is 11.7. The molecule has 0 saturated heterocycles. The maximum Gasteiger partial charge on any atom is 0.419 e. The molecular formula is C11H12N2O3. The monoisotopic (exact) mass is 220 g/mol. The summed E-state index contributed by atoms with van der Waals surface area (Å²) >= 11 is 0. The number of carbonyl (C=O) groups excluding carboxylic acids is 1. The molecule has 0 fully saturated rings.